The van der Waals surface area contributed by atoms with Crippen molar-refractivity contribution < 1.29 is 14.3 Å². The quantitative estimate of drug-likeness (QED) is 0.712. The van der Waals surface area contributed by atoms with Crippen LogP contribution in [-0.4, -0.2) is 40.3 Å². The predicted molar refractivity (Wildman–Crippen MR) is 94.9 cm³/mol. The standard InChI is InChI=1S/C17H16ClN5O3/c1-25-13-7-8-14(15(9-13)26-2)17(24)19-10-16-20-21-22-23(16)12-5-3-11(18)4-6-12/h3-9H,10H2,1-2H3,(H,19,24). The molecule has 2 aromatic carbocycles. The molecule has 0 fully saturated rings. The van der Waals surface area contributed by atoms with E-state index in [0.29, 0.717) is 27.9 Å². The van der Waals surface area contributed by atoms with Crippen molar-refractivity contribution in [3.63, 3.8) is 0 Å². The molecule has 0 bridgehead atoms. The van der Waals surface area contributed by atoms with Gasteiger partial charge in [0.2, 0.25) is 0 Å². The molecule has 1 heterocycles. The van der Waals surface area contributed by atoms with Gasteiger partial charge in [-0.25, -0.2) is 0 Å². The van der Waals surface area contributed by atoms with Crippen LogP contribution in [0, 0.1) is 0 Å². The first-order valence-corrected chi connectivity index (χ1v) is 8.03. The van der Waals surface area contributed by atoms with Crippen molar-refractivity contribution in [3.05, 3.63) is 58.9 Å². The van der Waals surface area contributed by atoms with Crippen molar-refractivity contribution in [3.8, 4) is 17.2 Å². The zero-order valence-corrected chi connectivity index (χ0v) is 14.9. The maximum Gasteiger partial charge on any atom is 0.255 e. The number of carbonyl (C=O) groups excluding carboxylic acids is 1. The van der Waals surface area contributed by atoms with Crippen molar-refractivity contribution in [2.45, 2.75) is 6.54 Å². The van der Waals surface area contributed by atoms with Crippen molar-refractivity contribution in [2.24, 2.45) is 0 Å². The number of ether oxygens (including phenoxy) is 2. The van der Waals surface area contributed by atoms with E-state index in [1.54, 1.807) is 49.6 Å². The molecular weight excluding hydrogens is 358 g/mol. The zero-order chi connectivity index (χ0) is 18.5. The lowest BCUT2D eigenvalue weighted by Crippen LogP contribution is -2.25. The largest absolute Gasteiger partial charge is 0.497 e. The Morgan fingerprint density at radius 2 is 1.92 bits per heavy atom. The summed E-state index contributed by atoms with van der Waals surface area (Å²) in [6.07, 6.45) is 0. The number of rotatable bonds is 6. The predicted octanol–water partition coefficient (Wildman–Crippen LogP) is 2.26. The number of nitrogens with one attached hydrogen (secondary N) is 1. The Morgan fingerprint density at radius 3 is 2.62 bits per heavy atom. The van der Waals surface area contributed by atoms with Gasteiger partial charge in [0.25, 0.3) is 5.91 Å². The van der Waals surface area contributed by atoms with Crippen LogP contribution in [0.5, 0.6) is 11.5 Å². The summed E-state index contributed by atoms with van der Waals surface area (Å²) in [6.45, 7) is 0.143. The van der Waals surface area contributed by atoms with Gasteiger partial charge in [0, 0.05) is 11.1 Å². The van der Waals surface area contributed by atoms with Gasteiger partial charge in [-0.1, -0.05) is 11.6 Å². The summed E-state index contributed by atoms with van der Waals surface area (Å²) in [6, 6.07) is 12.0. The number of methoxy groups -OCH3 is 2. The smallest absolute Gasteiger partial charge is 0.255 e. The number of tetrazole rings is 1. The zero-order valence-electron chi connectivity index (χ0n) is 14.1. The lowest BCUT2D eigenvalue weighted by molar-refractivity contribution is 0.0946. The van der Waals surface area contributed by atoms with Gasteiger partial charge in [0.1, 0.15) is 11.5 Å². The Labute approximate surface area is 154 Å². The molecule has 0 unspecified atom stereocenters. The fourth-order valence-electron chi connectivity index (χ4n) is 2.34. The molecule has 1 N–H and O–H groups in total. The van der Waals surface area contributed by atoms with E-state index >= 15 is 0 Å². The van der Waals surface area contributed by atoms with Crippen molar-refractivity contribution in [2.75, 3.05) is 14.2 Å². The van der Waals surface area contributed by atoms with E-state index in [1.807, 2.05) is 0 Å². The molecule has 0 saturated carbocycles. The first-order chi connectivity index (χ1) is 12.6. The molecule has 8 nitrogen and oxygen atoms in total. The summed E-state index contributed by atoms with van der Waals surface area (Å²) < 4.78 is 11.9. The number of carbonyl (C=O) groups is 1. The van der Waals surface area contributed by atoms with E-state index in [2.05, 4.69) is 20.8 Å². The highest BCUT2D eigenvalue weighted by Gasteiger charge is 2.15. The van der Waals surface area contributed by atoms with Crippen LogP contribution in [-0.2, 0) is 6.54 Å². The molecule has 0 aliphatic heterocycles. The summed E-state index contributed by atoms with van der Waals surface area (Å²) in [5, 5.41) is 15.0. The molecule has 3 aromatic rings. The van der Waals surface area contributed by atoms with Gasteiger partial charge < -0.3 is 14.8 Å². The van der Waals surface area contributed by atoms with Gasteiger partial charge in [-0.3, -0.25) is 4.79 Å². The average molecular weight is 374 g/mol. The molecule has 3 rings (SSSR count). The van der Waals surface area contributed by atoms with Crippen LogP contribution in [0.1, 0.15) is 16.2 Å². The van der Waals surface area contributed by atoms with Crippen LogP contribution in [0.3, 0.4) is 0 Å². The Morgan fingerprint density at radius 1 is 1.15 bits per heavy atom. The van der Waals surface area contributed by atoms with Crippen LogP contribution >= 0.6 is 11.6 Å². The van der Waals surface area contributed by atoms with E-state index in [9.17, 15) is 4.79 Å². The second-order valence-electron chi connectivity index (χ2n) is 5.23. The monoisotopic (exact) mass is 373 g/mol. The molecule has 134 valence electrons. The Bertz CT molecular complexity index is 911. The number of aromatic nitrogens is 4. The molecule has 9 heteroatoms. The summed E-state index contributed by atoms with van der Waals surface area (Å²) in [5.74, 6) is 1.19. The lowest BCUT2D eigenvalue weighted by Gasteiger charge is -2.11. The molecule has 26 heavy (non-hydrogen) atoms. The molecule has 1 aromatic heterocycles. The minimum Gasteiger partial charge on any atom is -0.497 e. The average Bonchev–Trinajstić information content (AvgIpc) is 3.14. The number of benzene rings is 2. The van der Waals surface area contributed by atoms with Gasteiger partial charge in [0.05, 0.1) is 32.0 Å². The SMILES string of the molecule is COc1ccc(C(=O)NCc2nnnn2-c2ccc(Cl)cc2)c(OC)c1. The second kappa shape index (κ2) is 7.83. The molecule has 1 amide bonds. The van der Waals surface area contributed by atoms with Crippen molar-refractivity contribution in [1.82, 2.24) is 25.5 Å². The summed E-state index contributed by atoms with van der Waals surface area (Å²) >= 11 is 5.89. The van der Waals surface area contributed by atoms with Crippen molar-refractivity contribution in [1.29, 1.82) is 0 Å². The normalized spacial score (nSPS) is 10.4. The van der Waals surface area contributed by atoms with Gasteiger partial charge >= 0.3 is 0 Å². The van der Waals surface area contributed by atoms with Gasteiger partial charge in [0.15, 0.2) is 5.82 Å². The minimum absolute atomic E-state index is 0.143. The van der Waals surface area contributed by atoms with E-state index in [0.717, 1.165) is 5.69 Å². The third-order valence-corrected chi connectivity index (χ3v) is 3.92. The van der Waals surface area contributed by atoms with Crippen LogP contribution in [0.15, 0.2) is 42.5 Å². The highest BCUT2D eigenvalue weighted by molar-refractivity contribution is 6.30. The Kier molecular flexibility index (Phi) is 5.33. The number of hydrogen-bond donors (Lipinski definition) is 1. The molecular formula is C17H16ClN5O3. The van der Waals surface area contributed by atoms with Crippen LogP contribution in [0.25, 0.3) is 5.69 Å². The first kappa shape index (κ1) is 17.7. The maximum absolute atomic E-state index is 12.5. The second-order valence-corrected chi connectivity index (χ2v) is 5.67. The van der Waals surface area contributed by atoms with Crippen LogP contribution in [0.2, 0.25) is 5.02 Å². The van der Waals surface area contributed by atoms with Crippen LogP contribution < -0.4 is 14.8 Å². The van der Waals surface area contributed by atoms with E-state index in [4.69, 9.17) is 21.1 Å². The first-order valence-electron chi connectivity index (χ1n) is 7.66. The minimum atomic E-state index is -0.310. The number of halogens is 1. The molecule has 0 radical (unpaired) electrons. The third kappa shape index (κ3) is 3.75. The Balaban J connectivity index is 1.75. The molecule has 0 spiro atoms. The number of hydrogen-bond acceptors (Lipinski definition) is 6. The van der Waals surface area contributed by atoms with Gasteiger partial charge in [-0.15, -0.1) is 5.10 Å². The molecule has 0 atom stereocenters. The van der Waals surface area contributed by atoms with Crippen LogP contribution in [0.4, 0.5) is 0 Å². The molecule has 0 aliphatic carbocycles. The number of amides is 1. The van der Waals surface area contributed by atoms with Gasteiger partial charge in [-0.2, -0.15) is 4.68 Å². The Hall–Kier alpha value is -3.13. The fraction of sp³-hybridized carbons (Fsp3) is 0.176. The van der Waals surface area contributed by atoms with Crippen molar-refractivity contribution >= 4 is 17.5 Å². The number of nitrogens with zero attached hydrogens (tertiary/aromatic N) is 4. The van der Waals surface area contributed by atoms with Gasteiger partial charge in [-0.05, 0) is 46.8 Å². The summed E-state index contributed by atoms with van der Waals surface area (Å²) in [5.41, 5.74) is 1.13. The topological polar surface area (TPSA) is 91.2 Å². The maximum atomic E-state index is 12.5. The van der Waals surface area contributed by atoms with E-state index in [-0.39, 0.29) is 12.5 Å². The highest BCUT2D eigenvalue weighted by Crippen LogP contribution is 2.24. The highest BCUT2D eigenvalue weighted by atomic mass is 35.5. The summed E-state index contributed by atoms with van der Waals surface area (Å²) in [7, 11) is 3.04. The van der Waals surface area contributed by atoms with E-state index in [1.165, 1.54) is 11.8 Å². The third-order valence-electron chi connectivity index (χ3n) is 3.67. The fourth-order valence-corrected chi connectivity index (χ4v) is 2.47. The summed E-state index contributed by atoms with van der Waals surface area (Å²) in [4.78, 5) is 12.5. The molecule has 0 aliphatic rings. The lowest BCUT2D eigenvalue weighted by atomic mass is 10.1. The van der Waals surface area contributed by atoms with E-state index < -0.39 is 0 Å². The molecule has 0 saturated heterocycles.